The van der Waals surface area contributed by atoms with Crippen molar-refractivity contribution in [2.75, 3.05) is 0 Å². The Labute approximate surface area is 123 Å². The minimum Gasteiger partial charge on any atom is -0.390 e. The van der Waals surface area contributed by atoms with Crippen LogP contribution in [-0.2, 0) is 6.42 Å². The molecule has 0 aromatic carbocycles. The molecule has 0 radical (unpaired) electrons. The first kappa shape index (κ1) is 15.6. The van der Waals surface area contributed by atoms with Crippen LogP contribution >= 0.6 is 0 Å². The first-order chi connectivity index (χ1) is 9.61. The zero-order valence-corrected chi connectivity index (χ0v) is 13.1. The molecule has 1 unspecified atom stereocenters. The molecule has 0 spiro atoms. The van der Waals surface area contributed by atoms with E-state index in [2.05, 4.69) is 23.9 Å². The second-order valence-corrected chi connectivity index (χ2v) is 6.71. The van der Waals surface area contributed by atoms with E-state index in [0.717, 1.165) is 18.5 Å². The Balaban J connectivity index is 1.88. The van der Waals surface area contributed by atoms with Gasteiger partial charge in [-0.3, -0.25) is 4.68 Å². The summed E-state index contributed by atoms with van der Waals surface area (Å²) in [5.41, 5.74) is 0.429. The standard InChI is InChI=1S/C17H30N2O/c1-3-4-8-12-17(2,20)14-15-11-13-19(18-15)16-9-6-5-7-10-16/h11,13,16,20H,3-10,12,14H2,1-2H3. The smallest absolute Gasteiger partial charge is 0.0675 e. The maximum absolute atomic E-state index is 10.5. The summed E-state index contributed by atoms with van der Waals surface area (Å²) in [6.45, 7) is 4.14. The Morgan fingerprint density at radius 1 is 1.30 bits per heavy atom. The van der Waals surface area contributed by atoms with E-state index in [4.69, 9.17) is 5.10 Å². The molecule has 1 saturated carbocycles. The van der Waals surface area contributed by atoms with Crippen molar-refractivity contribution in [3.63, 3.8) is 0 Å². The van der Waals surface area contributed by atoms with Gasteiger partial charge in [-0.05, 0) is 32.3 Å². The van der Waals surface area contributed by atoms with Crippen molar-refractivity contribution in [1.82, 2.24) is 9.78 Å². The molecular formula is C17H30N2O. The van der Waals surface area contributed by atoms with Crippen LogP contribution in [0.3, 0.4) is 0 Å². The summed E-state index contributed by atoms with van der Waals surface area (Å²) in [7, 11) is 0. The summed E-state index contributed by atoms with van der Waals surface area (Å²) in [5.74, 6) is 0. The summed E-state index contributed by atoms with van der Waals surface area (Å²) >= 11 is 0. The van der Waals surface area contributed by atoms with Crippen molar-refractivity contribution in [3.05, 3.63) is 18.0 Å². The van der Waals surface area contributed by atoms with E-state index in [-0.39, 0.29) is 0 Å². The SMILES string of the molecule is CCCCCC(C)(O)Cc1ccn(C2CCCCC2)n1. The fourth-order valence-corrected chi connectivity index (χ4v) is 3.26. The zero-order chi connectivity index (χ0) is 14.4. The molecule has 2 rings (SSSR count). The van der Waals surface area contributed by atoms with Crippen molar-refractivity contribution in [3.8, 4) is 0 Å². The lowest BCUT2D eigenvalue weighted by Gasteiger charge is -2.23. The van der Waals surface area contributed by atoms with E-state index >= 15 is 0 Å². The van der Waals surface area contributed by atoms with Crippen molar-refractivity contribution in [1.29, 1.82) is 0 Å². The third-order valence-electron chi connectivity index (χ3n) is 4.49. The van der Waals surface area contributed by atoms with E-state index in [0.29, 0.717) is 12.5 Å². The molecule has 1 aromatic heterocycles. The van der Waals surface area contributed by atoms with Gasteiger partial charge in [0.05, 0.1) is 17.3 Å². The molecule has 1 aliphatic rings. The molecule has 1 aromatic rings. The number of rotatable bonds is 7. The van der Waals surface area contributed by atoms with Crippen LogP contribution < -0.4 is 0 Å². The van der Waals surface area contributed by atoms with Crippen LogP contribution in [0.5, 0.6) is 0 Å². The molecule has 3 heteroatoms. The van der Waals surface area contributed by atoms with Crippen molar-refractivity contribution < 1.29 is 5.11 Å². The first-order valence-corrected chi connectivity index (χ1v) is 8.37. The fourth-order valence-electron chi connectivity index (χ4n) is 3.26. The van der Waals surface area contributed by atoms with Crippen molar-refractivity contribution >= 4 is 0 Å². The maximum atomic E-state index is 10.5. The predicted molar refractivity (Wildman–Crippen MR) is 82.8 cm³/mol. The lowest BCUT2D eigenvalue weighted by molar-refractivity contribution is 0.0474. The van der Waals surface area contributed by atoms with Gasteiger partial charge in [0.25, 0.3) is 0 Å². The number of unbranched alkanes of at least 4 members (excludes halogenated alkanes) is 2. The normalized spacial score (nSPS) is 19.9. The van der Waals surface area contributed by atoms with Gasteiger partial charge in [0.15, 0.2) is 0 Å². The molecule has 0 saturated heterocycles. The van der Waals surface area contributed by atoms with E-state index in [1.807, 2.05) is 6.92 Å². The quantitative estimate of drug-likeness (QED) is 0.757. The summed E-state index contributed by atoms with van der Waals surface area (Å²) in [6, 6.07) is 2.67. The van der Waals surface area contributed by atoms with Crippen LogP contribution in [0.15, 0.2) is 12.3 Å². The topological polar surface area (TPSA) is 38.0 Å². The van der Waals surface area contributed by atoms with E-state index in [1.165, 1.54) is 44.9 Å². The highest BCUT2D eigenvalue weighted by Gasteiger charge is 2.23. The van der Waals surface area contributed by atoms with Gasteiger partial charge in [-0.1, -0.05) is 45.4 Å². The van der Waals surface area contributed by atoms with Crippen molar-refractivity contribution in [2.45, 2.75) is 89.7 Å². The van der Waals surface area contributed by atoms with Crippen LogP contribution in [0, 0.1) is 0 Å². The van der Waals surface area contributed by atoms with Gasteiger partial charge in [-0.15, -0.1) is 0 Å². The number of aliphatic hydroxyl groups is 1. The number of aromatic nitrogens is 2. The summed E-state index contributed by atoms with van der Waals surface area (Å²) in [5, 5.41) is 15.2. The first-order valence-electron chi connectivity index (χ1n) is 8.37. The third kappa shape index (κ3) is 4.62. The summed E-state index contributed by atoms with van der Waals surface area (Å²) < 4.78 is 2.14. The highest BCUT2D eigenvalue weighted by atomic mass is 16.3. The molecule has 1 aliphatic carbocycles. The average molecular weight is 278 g/mol. The fraction of sp³-hybridized carbons (Fsp3) is 0.824. The molecule has 114 valence electrons. The van der Waals surface area contributed by atoms with Crippen molar-refractivity contribution in [2.24, 2.45) is 0 Å². The minimum absolute atomic E-state index is 0.586. The molecule has 1 atom stereocenters. The molecular weight excluding hydrogens is 248 g/mol. The van der Waals surface area contributed by atoms with Crippen LogP contribution in [0.2, 0.25) is 0 Å². The number of nitrogens with zero attached hydrogens (tertiary/aromatic N) is 2. The lowest BCUT2D eigenvalue weighted by atomic mass is 9.93. The van der Waals surface area contributed by atoms with Gasteiger partial charge in [0.2, 0.25) is 0 Å². The monoisotopic (exact) mass is 278 g/mol. The zero-order valence-electron chi connectivity index (χ0n) is 13.1. The lowest BCUT2D eigenvalue weighted by Crippen LogP contribution is -2.27. The van der Waals surface area contributed by atoms with Gasteiger partial charge in [-0.2, -0.15) is 5.10 Å². The van der Waals surface area contributed by atoms with Crippen LogP contribution in [-0.4, -0.2) is 20.5 Å². The number of hydrogen-bond acceptors (Lipinski definition) is 2. The molecule has 1 heterocycles. The Bertz CT molecular complexity index is 391. The van der Waals surface area contributed by atoms with Crippen LogP contribution in [0.4, 0.5) is 0 Å². The molecule has 3 nitrogen and oxygen atoms in total. The molecule has 1 fully saturated rings. The van der Waals surface area contributed by atoms with E-state index in [1.54, 1.807) is 0 Å². The molecule has 1 N–H and O–H groups in total. The third-order valence-corrected chi connectivity index (χ3v) is 4.49. The molecule has 0 bridgehead atoms. The average Bonchev–Trinajstić information content (AvgIpc) is 2.87. The van der Waals surface area contributed by atoms with Gasteiger partial charge < -0.3 is 5.11 Å². The van der Waals surface area contributed by atoms with Gasteiger partial charge in [0, 0.05) is 12.6 Å². The largest absolute Gasteiger partial charge is 0.390 e. The Kier molecular flexibility index (Phi) is 5.64. The van der Waals surface area contributed by atoms with Gasteiger partial charge in [-0.25, -0.2) is 0 Å². The Hall–Kier alpha value is -0.830. The maximum Gasteiger partial charge on any atom is 0.0675 e. The Morgan fingerprint density at radius 3 is 2.75 bits per heavy atom. The summed E-state index contributed by atoms with van der Waals surface area (Å²) in [4.78, 5) is 0. The Morgan fingerprint density at radius 2 is 2.05 bits per heavy atom. The van der Waals surface area contributed by atoms with E-state index in [9.17, 15) is 5.11 Å². The summed E-state index contributed by atoms with van der Waals surface area (Å²) in [6.07, 6.45) is 13.7. The number of hydrogen-bond donors (Lipinski definition) is 1. The highest BCUT2D eigenvalue weighted by molar-refractivity contribution is 5.04. The predicted octanol–water partition coefficient (Wildman–Crippen LogP) is 4.26. The second kappa shape index (κ2) is 7.26. The van der Waals surface area contributed by atoms with Crippen LogP contribution in [0.1, 0.15) is 83.4 Å². The second-order valence-electron chi connectivity index (χ2n) is 6.71. The van der Waals surface area contributed by atoms with Crippen LogP contribution in [0.25, 0.3) is 0 Å². The molecule has 0 amide bonds. The highest BCUT2D eigenvalue weighted by Crippen LogP contribution is 2.28. The van der Waals surface area contributed by atoms with E-state index < -0.39 is 5.60 Å². The minimum atomic E-state index is -0.610. The van der Waals surface area contributed by atoms with Gasteiger partial charge >= 0.3 is 0 Å². The molecule has 20 heavy (non-hydrogen) atoms. The van der Waals surface area contributed by atoms with Gasteiger partial charge in [0.1, 0.15) is 0 Å². The molecule has 0 aliphatic heterocycles.